The Hall–Kier alpha value is -2.74. The van der Waals surface area contributed by atoms with Crippen molar-refractivity contribution in [1.82, 2.24) is 10.2 Å². The largest absolute Gasteiger partial charge is 0.284 e. The molecule has 9 heteroatoms. The second kappa shape index (κ2) is 4.14. The topological polar surface area (TPSA) is 109 Å². The number of fused-ring (bicyclic) bond motifs is 1. The third kappa shape index (κ3) is 1.51. The van der Waals surface area contributed by atoms with Crippen LogP contribution in [0.2, 0.25) is 5.02 Å². The standard InChI is InChI=1S/C11H5ClN4O4/c12-6-1-2-7(16(19)20)9-8(6)10(17)15(11(9)18)5-3-13-14-4-5/h1-4H,(H,13,14). The second-order valence-electron chi connectivity index (χ2n) is 3.98. The summed E-state index contributed by atoms with van der Waals surface area (Å²) in [6.45, 7) is 0. The van der Waals surface area contributed by atoms with Crippen molar-refractivity contribution in [2.24, 2.45) is 0 Å². The molecule has 2 aromatic rings. The second-order valence-corrected chi connectivity index (χ2v) is 4.38. The predicted octanol–water partition coefficient (Wildman–Crippen LogP) is 1.77. The molecule has 2 amide bonds. The highest BCUT2D eigenvalue weighted by atomic mass is 35.5. The van der Waals surface area contributed by atoms with Crippen LogP contribution in [-0.2, 0) is 0 Å². The third-order valence-corrected chi connectivity index (χ3v) is 3.22. The fourth-order valence-electron chi connectivity index (χ4n) is 2.06. The zero-order chi connectivity index (χ0) is 14.4. The van der Waals surface area contributed by atoms with E-state index >= 15 is 0 Å². The predicted molar refractivity (Wildman–Crippen MR) is 67.8 cm³/mol. The van der Waals surface area contributed by atoms with E-state index in [0.717, 1.165) is 11.0 Å². The lowest BCUT2D eigenvalue weighted by atomic mass is 10.1. The number of amides is 2. The molecule has 20 heavy (non-hydrogen) atoms. The van der Waals surface area contributed by atoms with Gasteiger partial charge in [-0.3, -0.25) is 24.8 Å². The number of anilines is 1. The first-order chi connectivity index (χ1) is 9.52. The number of H-pyrrole nitrogens is 1. The fourth-order valence-corrected chi connectivity index (χ4v) is 2.30. The zero-order valence-corrected chi connectivity index (χ0v) is 10.4. The van der Waals surface area contributed by atoms with Gasteiger partial charge >= 0.3 is 0 Å². The van der Waals surface area contributed by atoms with Gasteiger partial charge in [0.1, 0.15) is 5.56 Å². The van der Waals surface area contributed by atoms with Gasteiger partial charge in [-0.1, -0.05) is 11.6 Å². The first kappa shape index (κ1) is 12.3. The van der Waals surface area contributed by atoms with Crippen molar-refractivity contribution >= 4 is 34.8 Å². The maximum absolute atomic E-state index is 12.3. The number of hydrogen-bond acceptors (Lipinski definition) is 5. The van der Waals surface area contributed by atoms with E-state index in [-0.39, 0.29) is 21.8 Å². The number of imide groups is 1. The zero-order valence-electron chi connectivity index (χ0n) is 9.66. The van der Waals surface area contributed by atoms with E-state index in [1.54, 1.807) is 0 Å². The Morgan fingerprint density at radius 3 is 2.55 bits per heavy atom. The number of carbonyl (C=O) groups excluding carboxylic acids is 2. The first-order valence-corrected chi connectivity index (χ1v) is 5.74. The molecule has 1 aliphatic heterocycles. The lowest BCUT2D eigenvalue weighted by Crippen LogP contribution is -2.29. The van der Waals surface area contributed by atoms with E-state index in [9.17, 15) is 19.7 Å². The molecule has 0 saturated heterocycles. The van der Waals surface area contributed by atoms with Crippen LogP contribution in [0.15, 0.2) is 24.5 Å². The van der Waals surface area contributed by atoms with E-state index in [2.05, 4.69) is 10.2 Å². The van der Waals surface area contributed by atoms with Crippen LogP contribution in [0.1, 0.15) is 20.7 Å². The van der Waals surface area contributed by atoms with E-state index in [0.29, 0.717) is 0 Å². The maximum Gasteiger partial charge on any atom is 0.283 e. The molecule has 100 valence electrons. The van der Waals surface area contributed by atoms with Crippen molar-refractivity contribution in [2.75, 3.05) is 4.90 Å². The van der Waals surface area contributed by atoms with Crippen LogP contribution >= 0.6 is 11.6 Å². The van der Waals surface area contributed by atoms with Gasteiger partial charge in [-0.15, -0.1) is 0 Å². The molecule has 0 fully saturated rings. The molecule has 1 aromatic heterocycles. The first-order valence-electron chi connectivity index (χ1n) is 5.37. The molecule has 1 aromatic carbocycles. The van der Waals surface area contributed by atoms with Gasteiger partial charge in [0.25, 0.3) is 17.5 Å². The Kier molecular flexibility index (Phi) is 2.54. The van der Waals surface area contributed by atoms with Crippen LogP contribution in [0.5, 0.6) is 0 Å². The van der Waals surface area contributed by atoms with E-state index < -0.39 is 22.4 Å². The SMILES string of the molecule is O=C1c2c(Cl)ccc([N+](=O)[O-])c2C(=O)N1c1cn[nH]c1. The number of aromatic amines is 1. The van der Waals surface area contributed by atoms with E-state index in [1.807, 2.05) is 0 Å². The van der Waals surface area contributed by atoms with E-state index in [4.69, 9.17) is 11.6 Å². The van der Waals surface area contributed by atoms with Gasteiger partial charge in [0.15, 0.2) is 0 Å². The molecule has 0 saturated carbocycles. The molecule has 2 heterocycles. The highest BCUT2D eigenvalue weighted by Gasteiger charge is 2.43. The van der Waals surface area contributed by atoms with Crippen molar-refractivity contribution in [2.45, 2.75) is 0 Å². The molecular weight excluding hydrogens is 288 g/mol. The average molecular weight is 293 g/mol. The monoisotopic (exact) mass is 292 g/mol. The summed E-state index contributed by atoms with van der Waals surface area (Å²) >= 11 is 5.89. The minimum Gasteiger partial charge on any atom is -0.284 e. The Morgan fingerprint density at radius 1 is 1.25 bits per heavy atom. The van der Waals surface area contributed by atoms with Gasteiger partial charge < -0.3 is 0 Å². The normalized spacial score (nSPS) is 13.8. The number of nitrogens with one attached hydrogen (secondary N) is 1. The number of nitro groups is 1. The number of nitro benzene ring substituents is 1. The molecule has 0 radical (unpaired) electrons. The summed E-state index contributed by atoms with van der Waals surface area (Å²) in [6.07, 6.45) is 2.60. The number of nitrogens with zero attached hydrogens (tertiary/aromatic N) is 3. The molecule has 0 spiro atoms. The summed E-state index contributed by atoms with van der Waals surface area (Å²) < 4.78 is 0. The van der Waals surface area contributed by atoms with Gasteiger partial charge in [0.05, 0.1) is 27.4 Å². The van der Waals surface area contributed by atoms with Gasteiger partial charge in [0.2, 0.25) is 0 Å². The Bertz CT molecular complexity index is 756. The van der Waals surface area contributed by atoms with Crippen LogP contribution in [0.3, 0.4) is 0 Å². The number of rotatable bonds is 2. The van der Waals surface area contributed by atoms with Crippen molar-refractivity contribution in [3.05, 3.63) is 50.8 Å². The highest BCUT2D eigenvalue weighted by molar-refractivity contribution is 6.42. The van der Waals surface area contributed by atoms with Gasteiger partial charge in [-0.2, -0.15) is 5.10 Å². The molecule has 1 aliphatic rings. The van der Waals surface area contributed by atoms with E-state index in [1.165, 1.54) is 18.5 Å². The van der Waals surface area contributed by atoms with Crippen LogP contribution < -0.4 is 4.90 Å². The molecule has 0 aliphatic carbocycles. The Morgan fingerprint density at radius 2 is 1.95 bits per heavy atom. The van der Waals surface area contributed by atoms with Crippen LogP contribution in [0.4, 0.5) is 11.4 Å². The lowest BCUT2D eigenvalue weighted by molar-refractivity contribution is -0.385. The Balaban J connectivity index is 2.26. The minimum absolute atomic E-state index is 0.00468. The van der Waals surface area contributed by atoms with Crippen molar-refractivity contribution in [1.29, 1.82) is 0 Å². The number of benzene rings is 1. The smallest absolute Gasteiger partial charge is 0.283 e. The van der Waals surface area contributed by atoms with Gasteiger partial charge in [-0.05, 0) is 6.07 Å². The number of aromatic nitrogens is 2. The summed E-state index contributed by atoms with van der Waals surface area (Å²) in [5.74, 6) is -1.50. The molecular formula is C11H5ClN4O4. The summed E-state index contributed by atoms with van der Waals surface area (Å²) in [5, 5.41) is 17.1. The molecule has 0 bridgehead atoms. The average Bonchev–Trinajstić information content (AvgIpc) is 2.98. The quantitative estimate of drug-likeness (QED) is 0.515. The number of carbonyl (C=O) groups is 2. The number of halogens is 1. The fraction of sp³-hybridized carbons (Fsp3) is 0. The van der Waals surface area contributed by atoms with Crippen molar-refractivity contribution < 1.29 is 14.5 Å². The van der Waals surface area contributed by atoms with Crippen molar-refractivity contribution in [3.63, 3.8) is 0 Å². The van der Waals surface area contributed by atoms with Gasteiger partial charge in [-0.25, -0.2) is 4.90 Å². The molecule has 0 atom stereocenters. The lowest BCUT2D eigenvalue weighted by Gasteiger charge is -2.09. The van der Waals surface area contributed by atoms with Crippen molar-refractivity contribution in [3.8, 4) is 0 Å². The summed E-state index contributed by atoms with van der Waals surface area (Å²) in [7, 11) is 0. The number of hydrogen-bond donors (Lipinski definition) is 1. The summed E-state index contributed by atoms with van der Waals surface area (Å²) in [5.41, 5.74) is -0.712. The molecule has 8 nitrogen and oxygen atoms in total. The Labute approximate surface area is 116 Å². The molecule has 0 unspecified atom stereocenters. The maximum atomic E-state index is 12.3. The molecule has 1 N–H and O–H groups in total. The highest BCUT2D eigenvalue weighted by Crippen LogP contribution is 2.37. The molecule has 3 rings (SSSR count). The summed E-state index contributed by atoms with van der Waals surface area (Å²) in [4.78, 5) is 35.6. The summed E-state index contributed by atoms with van der Waals surface area (Å²) in [6, 6.07) is 2.33. The third-order valence-electron chi connectivity index (χ3n) is 2.91. The van der Waals surface area contributed by atoms with Gasteiger partial charge in [0, 0.05) is 12.3 Å². The van der Waals surface area contributed by atoms with Crippen LogP contribution in [0.25, 0.3) is 0 Å². The minimum atomic E-state index is -0.791. The van der Waals surface area contributed by atoms with Crippen LogP contribution in [0, 0.1) is 10.1 Å². The van der Waals surface area contributed by atoms with Crippen LogP contribution in [-0.4, -0.2) is 26.9 Å².